The minimum atomic E-state index is 0.859. The Hall–Kier alpha value is -0.0800. The summed E-state index contributed by atoms with van der Waals surface area (Å²) in [4.78, 5) is 0. The first-order valence-electron chi connectivity index (χ1n) is 4.98. The van der Waals surface area contributed by atoms with Crippen molar-refractivity contribution in [2.24, 2.45) is 0 Å². The topological polar surface area (TPSA) is 18.5 Å². The van der Waals surface area contributed by atoms with Crippen molar-refractivity contribution in [3.8, 4) is 0 Å². The molecule has 0 saturated heterocycles. The zero-order valence-corrected chi connectivity index (χ0v) is 8.47. The van der Waals surface area contributed by atoms with Crippen LogP contribution in [0.5, 0.6) is 0 Å². The van der Waals surface area contributed by atoms with Crippen LogP contribution in [0.2, 0.25) is 0 Å². The fourth-order valence-electron chi connectivity index (χ4n) is 1.01. The van der Waals surface area contributed by atoms with Gasteiger partial charge in [0.05, 0.1) is 0 Å². The van der Waals surface area contributed by atoms with Crippen molar-refractivity contribution in [3.63, 3.8) is 0 Å². The van der Waals surface area contributed by atoms with Gasteiger partial charge in [0.1, 0.15) is 0 Å². The average molecular weight is 174 g/mol. The lowest BCUT2D eigenvalue weighted by atomic mass is 10.3. The van der Waals surface area contributed by atoms with Crippen LogP contribution in [0.1, 0.15) is 39.0 Å². The average Bonchev–Trinajstić information content (AvgIpc) is 2.10. The molecule has 0 aromatic rings. The first kappa shape index (κ1) is 11.9. The van der Waals surface area contributed by atoms with Crippen LogP contribution in [0.25, 0.3) is 0 Å². The minimum absolute atomic E-state index is 0.859. The van der Waals surface area contributed by atoms with E-state index in [1.54, 1.807) is 7.11 Å². The van der Waals surface area contributed by atoms with E-state index in [1.807, 2.05) is 0 Å². The molecule has 74 valence electrons. The number of hydrogen-bond donors (Lipinski definition) is 0. The molecule has 0 radical (unpaired) electrons. The highest BCUT2D eigenvalue weighted by Gasteiger charge is 1.89. The van der Waals surface area contributed by atoms with E-state index in [2.05, 4.69) is 6.92 Å². The van der Waals surface area contributed by atoms with Crippen molar-refractivity contribution >= 4 is 0 Å². The zero-order valence-electron chi connectivity index (χ0n) is 8.47. The van der Waals surface area contributed by atoms with Crippen LogP contribution in [0.4, 0.5) is 0 Å². The highest BCUT2D eigenvalue weighted by Crippen LogP contribution is 1.96. The molecule has 2 nitrogen and oxygen atoms in total. The van der Waals surface area contributed by atoms with Gasteiger partial charge in [0, 0.05) is 26.9 Å². The van der Waals surface area contributed by atoms with Crippen LogP contribution < -0.4 is 0 Å². The van der Waals surface area contributed by atoms with Crippen molar-refractivity contribution in [1.29, 1.82) is 0 Å². The molecule has 0 aliphatic heterocycles. The van der Waals surface area contributed by atoms with Gasteiger partial charge in [-0.3, -0.25) is 0 Å². The predicted octanol–water partition coefficient (Wildman–Crippen LogP) is 2.62. The molecule has 0 aromatic heterocycles. The molecule has 0 aliphatic carbocycles. The van der Waals surface area contributed by atoms with Gasteiger partial charge in [0.2, 0.25) is 0 Å². The maximum absolute atomic E-state index is 5.43. The van der Waals surface area contributed by atoms with Crippen molar-refractivity contribution in [2.75, 3.05) is 26.9 Å². The largest absolute Gasteiger partial charge is 0.385 e. The fourth-order valence-corrected chi connectivity index (χ4v) is 1.01. The molecule has 12 heavy (non-hydrogen) atoms. The molecular weight excluding hydrogens is 152 g/mol. The van der Waals surface area contributed by atoms with Crippen molar-refractivity contribution in [2.45, 2.75) is 39.0 Å². The number of unbranched alkanes of at least 4 members (excludes halogenated alkanes) is 3. The summed E-state index contributed by atoms with van der Waals surface area (Å²) < 4.78 is 10.4. The number of ether oxygens (including phenoxy) is 2. The Morgan fingerprint density at radius 3 is 2.00 bits per heavy atom. The van der Waals surface area contributed by atoms with E-state index < -0.39 is 0 Å². The second-order valence-corrected chi connectivity index (χ2v) is 3.02. The maximum atomic E-state index is 5.43. The van der Waals surface area contributed by atoms with Gasteiger partial charge in [-0.15, -0.1) is 0 Å². The highest BCUT2D eigenvalue weighted by molar-refractivity contribution is 4.39. The molecule has 0 heterocycles. The minimum Gasteiger partial charge on any atom is -0.385 e. The molecule has 0 unspecified atom stereocenters. The molecule has 0 aromatic carbocycles. The van der Waals surface area contributed by atoms with E-state index in [9.17, 15) is 0 Å². The van der Waals surface area contributed by atoms with E-state index in [0.717, 1.165) is 32.7 Å². The van der Waals surface area contributed by atoms with Gasteiger partial charge >= 0.3 is 0 Å². The first-order valence-corrected chi connectivity index (χ1v) is 4.98. The Morgan fingerprint density at radius 1 is 0.833 bits per heavy atom. The van der Waals surface area contributed by atoms with E-state index in [1.165, 1.54) is 19.3 Å². The van der Waals surface area contributed by atoms with Gasteiger partial charge < -0.3 is 9.47 Å². The third-order valence-corrected chi connectivity index (χ3v) is 1.78. The van der Waals surface area contributed by atoms with Gasteiger partial charge in [-0.05, 0) is 19.3 Å². The summed E-state index contributed by atoms with van der Waals surface area (Å²) in [6.07, 6.45) is 6.01. The zero-order chi connectivity index (χ0) is 9.07. The first-order chi connectivity index (χ1) is 5.91. The van der Waals surface area contributed by atoms with Crippen LogP contribution in [0.15, 0.2) is 0 Å². The molecule has 0 saturated carbocycles. The summed E-state index contributed by atoms with van der Waals surface area (Å²) in [5, 5.41) is 0. The lowest BCUT2D eigenvalue weighted by molar-refractivity contribution is 0.116. The van der Waals surface area contributed by atoms with E-state index in [0.29, 0.717) is 0 Å². The van der Waals surface area contributed by atoms with Crippen molar-refractivity contribution in [3.05, 3.63) is 0 Å². The van der Waals surface area contributed by atoms with E-state index in [-0.39, 0.29) is 0 Å². The Kier molecular flexibility index (Phi) is 10.8. The summed E-state index contributed by atoms with van der Waals surface area (Å²) >= 11 is 0. The third kappa shape index (κ3) is 9.92. The molecule has 0 aliphatic rings. The monoisotopic (exact) mass is 174 g/mol. The van der Waals surface area contributed by atoms with Crippen LogP contribution in [-0.2, 0) is 9.47 Å². The van der Waals surface area contributed by atoms with Gasteiger partial charge in [-0.1, -0.05) is 19.8 Å². The van der Waals surface area contributed by atoms with Gasteiger partial charge in [0.15, 0.2) is 0 Å². The fraction of sp³-hybridized carbons (Fsp3) is 1.00. The second-order valence-electron chi connectivity index (χ2n) is 3.02. The lowest BCUT2D eigenvalue weighted by Crippen LogP contribution is -1.98. The van der Waals surface area contributed by atoms with E-state index in [4.69, 9.17) is 9.47 Å². The summed E-state index contributed by atoms with van der Waals surface area (Å²) in [5.74, 6) is 0. The van der Waals surface area contributed by atoms with Gasteiger partial charge in [-0.25, -0.2) is 0 Å². The molecule has 0 rings (SSSR count). The van der Waals surface area contributed by atoms with Gasteiger partial charge in [-0.2, -0.15) is 0 Å². The molecule has 0 N–H and O–H groups in total. The Bertz CT molecular complexity index is 64.2. The molecule has 2 heteroatoms. The van der Waals surface area contributed by atoms with Crippen molar-refractivity contribution < 1.29 is 9.47 Å². The molecule has 0 spiro atoms. The molecule has 0 fully saturated rings. The lowest BCUT2D eigenvalue weighted by Gasteiger charge is -2.02. The number of rotatable bonds is 9. The summed E-state index contributed by atoms with van der Waals surface area (Å²) in [6, 6.07) is 0. The summed E-state index contributed by atoms with van der Waals surface area (Å²) in [7, 11) is 1.74. The van der Waals surface area contributed by atoms with Crippen LogP contribution in [0.3, 0.4) is 0 Å². The standard InChI is InChI=1S/C10H22O2/c1-3-4-5-9-12-10-7-6-8-11-2/h3-10H2,1-2H3. The summed E-state index contributed by atoms with van der Waals surface area (Å²) in [6.45, 7) is 4.89. The number of hydrogen-bond acceptors (Lipinski definition) is 2. The predicted molar refractivity (Wildman–Crippen MR) is 51.5 cm³/mol. The quantitative estimate of drug-likeness (QED) is 0.500. The maximum Gasteiger partial charge on any atom is 0.0466 e. The highest BCUT2D eigenvalue weighted by atomic mass is 16.5. The molecular formula is C10H22O2. The Balaban J connectivity index is 2.73. The van der Waals surface area contributed by atoms with E-state index >= 15 is 0 Å². The van der Waals surface area contributed by atoms with Gasteiger partial charge in [0.25, 0.3) is 0 Å². The molecule has 0 bridgehead atoms. The Morgan fingerprint density at radius 2 is 1.42 bits per heavy atom. The number of methoxy groups -OCH3 is 1. The van der Waals surface area contributed by atoms with Crippen LogP contribution >= 0.6 is 0 Å². The van der Waals surface area contributed by atoms with Crippen LogP contribution in [-0.4, -0.2) is 26.9 Å². The molecule has 0 atom stereocenters. The summed E-state index contributed by atoms with van der Waals surface area (Å²) in [5.41, 5.74) is 0. The smallest absolute Gasteiger partial charge is 0.0466 e. The van der Waals surface area contributed by atoms with Crippen LogP contribution in [0, 0.1) is 0 Å². The third-order valence-electron chi connectivity index (χ3n) is 1.78. The normalized spacial score (nSPS) is 10.5. The molecule has 0 amide bonds. The SMILES string of the molecule is CCCCCOCCCCOC. The van der Waals surface area contributed by atoms with Crippen molar-refractivity contribution in [1.82, 2.24) is 0 Å². The Labute approximate surface area is 76.3 Å². The second kappa shape index (κ2) is 10.9.